The number of rotatable bonds is 5. The first-order valence-electron chi connectivity index (χ1n) is 11.3. The number of halogens is 3. The number of aliphatic hydroxyl groups is 1. The van der Waals surface area contributed by atoms with Crippen LogP contribution in [0.1, 0.15) is 5.56 Å². The molecule has 0 bridgehead atoms. The van der Waals surface area contributed by atoms with Crippen molar-refractivity contribution in [1.82, 2.24) is 14.5 Å². The predicted octanol–water partition coefficient (Wildman–Crippen LogP) is 4.83. The van der Waals surface area contributed by atoms with E-state index in [-0.39, 0.29) is 30.3 Å². The molecule has 7 nitrogen and oxygen atoms in total. The molecule has 0 atom stereocenters. The van der Waals surface area contributed by atoms with Gasteiger partial charge in [-0.15, -0.1) is 0 Å². The number of anilines is 2. The lowest BCUT2D eigenvalue weighted by Crippen LogP contribution is -2.57. The summed E-state index contributed by atoms with van der Waals surface area (Å²) >= 11 is 12.2. The molecule has 0 spiro atoms. The van der Waals surface area contributed by atoms with Crippen molar-refractivity contribution < 1.29 is 9.50 Å². The summed E-state index contributed by atoms with van der Waals surface area (Å²) in [7, 11) is 0. The van der Waals surface area contributed by atoms with Gasteiger partial charge in [-0.2, -0.15) is 0 Å². The standard InChI is InChI=1S/C26H22Cl2FN5O2/c27-17-6-5-16(21(28)11-17)9-10-32-15-31-23-12-18(7-8-20(23)25(32)36)34(24-4-2-1-3-22(24)29)26(30)33-13-19(35)14-33/h1-8,11-12,15,19,30,35H,9-10,13-14H2. The molecule has 1 aliphatic rings. The lowest BCUT2D eigenvalue weighted by molar-refractivity contribution is 0.0453. The van der Waals surface area contributed by atoms with Gasteiger partial charge in [0.05, 0.1) is 34.7 Å². The van der Waals surface area contributed by atoms with Crippen molar-refractivity contribution >= 4 is 51.4 Å². The third kappa shape index (κ3) is 4.67. The lowest BCUT2D eigenvalue weighted by atomic mass is 10.1. The number of guanidine groups is 1. The molecule has 1 fully saturated rings. The van der Waals surface area contributed by atoms with Gasteiger partial charge in [-0.25, -0.2) is 9.37 Å². The van der Waals surface area contributed by atoms with Crippen LogP contribution in [0.4, 0.5) is 15.8 Å². The Bertz CT molecular complexity index is 1520. The van der Waals surface area contributed by atoms with Crippen LogP contribution < -0.4 is 10.5 Å². The number of nitrogens with zero attached hydrogens (tertiary/aromatic N) is 4. The highest BCUT2D eigenvalue weighted by molar-refractivity contribution is 6.35. The highest BCUT2D eigenvalue weighted by atomic mass is 35.5. The van der Waals surface area contributed by atoms with Gasteiger partial charge in [-0.1, -0.05) is 41.4 Å². The average molecular weight is 526 g/mol. The maximum atomic E-state index is 14.8. The number of benzene rings is 3. The van der Waals surface area contributed by atoms with E-state index < -0.39 is 11.9 Å². The molecular weight excluding hydrogens is 504 g/mol. The lowest BCUT2D eigenvalue weighted by Gasteiger charge is -2.41. The second-order valence-electron chi connectivity index (χ2n) is 8.60. The van der Waals surface area contributed by atoms with E-state index in [1.807, 2.05) is 6.07 Å². The largest absolute Gasteiger partial charge is 0.389 e. The summed E-state index contributed by atoms with van der Waals surface area (Å²) < 4.78 is 16.3. The third-order valence-electron chi connectivity index (χ3n) is 6.17. The molecule has 0 unspecified atom stereocenters. The van der Waals surface area contributed by atoms with Crippen molar-refractivity contribution in [3.63, 3.8) is 0 Å². The molecular formula is C26H22Cl2FN5O2. The van der Waals surface area contributed by atoms with E-state index in [0.717, 1.165) is 5.56 Å². The number of nitrogens with one attached hydrogen (secondary N) is 1. The van der Waals surface area contributed by atoms with Crippen LogP contribution in [0.5, 0.6) is 0 Å². The number of aromatic nitrogens is 2. The van der Waals surface area contributed by atoms with E-state index in [4.69, 9.17) is 28.6 Å². The van der Waals surface area contributed by atoms with Crippen LogP contribution in [0.3, 0.4) is 0 Å². The maximum Gasteiger partial charge on any atom is 0.261 e. The molecule has 184 valence electrons. The molecule has 2 heterocycles. The van der Waals surface area contributed by atoms with E-state index in [2.05, 4.69) is 4.98 Å². The summed E-state index contributed by atoms with van der Waals surface area (Å²) in [6.45, 7) is 0.962. The van der Waals surface area contributed by atoms with E-state index >= 15 is 0 Å². The van der Waals surface area contributed by atoms with Gasteiger partial charge < -0.3 is 10.0 Å². The summed E-state index contributed by atoms with van der Waals surface area (Å²) in [6, 6.07) is 16.4. The average Bonchev–Trinajstić information content (AvgIpc) is 2.84. The van der Waals surface area contributed by atoms with Crippen molar-refractivity contribution in [2.75, 3.05) is 18.0 Å². The van der Waals surface area contributed by atoms with Crippen molar-refractivity contribution in [3.8, 4) is 0 Å². The molecule has 5 rings (SSSR count). The first-order valence-corrected chi connectivity index (χ1v) is 12.1. The fourth-order valence-corrected chi connectivity index (χ4v) is 4.69. The zero-order valence-corrected chi connectivity index (χ0v) is 20.5. The Morgan fingerprint density at radius 2 is 1.92 bits per heavy atom. The third-order valence-corrected chi connectivity index (χ3v) is 6.76. The maximum absolute atomic E-state index is 14.8. The Kier molecular flexibility index (Phi) is 6.66. The van der Waals surface area contributed by atoms with Crippen LogP contribution in [-0.4, -0.2) is 44.7 Å². The number of para-hydroxylation sites is 1. The van der Waals surface area contributed by atoms with E-state index in [1.165, 1.54) is 21.9 Å². The Labute approximate surface area is 216 Å². The molecule has 0 saturated carbocycles. The Morgan fingerprint density at radius 1 is 1.14 bits per heavy atom. The summed E-state index contributed by atoms with van der Waals surface area (Å²) in [4.78, 5) is 20.7. The number of hydrogen-bond donors (Lipinski definition) is 2. The quantitative estimate of drug-likeness (QED) is 0.287. The van der Waals surface area contributed by atoms with Gasteiger partial charge in [0.15, 0.2) is 0 Å². The molecule has 1 aromatic heterocycles. The van der Waals surface area contributed by atoms with Gasteiger partial charge >= 0.3 is 0 Å². The fraction of sp³-hybridized carbons (Fsp3) is 0.192. The summed E-state index contributed by atoms with van der Waals surface area (Å²) in [5.41, 5.74) is 1.76. The van der Waals surface area contributed by atoms with Crippen molar-refractivity contribution in [2.45, 2.75) is 19.1 Å². The molecule has 0 radical (unpaired) electrons. The van der Waals surface area contributed by atoms with Gasteiger partial charge in [0.2, 0.25) is 5.96 Å². The minimum atomic E-state index is -0.521. The molecule has 0 aliphatic carbocycles. The van der Waals surface area contributed by atoms with E-state index in [0.29, 0.717) is 39.6 Å². The summed E-state index contributed by atoms with van der Waals surface area (Å²) in [5.74, 6) is -0.467. The normalized spacial score (nSPS) is 13.6. The molecule has 1 saturated heterocycles. The van der Waals surface area contributed by atoms with E-state index in [9.17, 15) is 14.3 Å². The molecule has 4 aromatic rings. The van der Waals surface area contributed by atoms with Crippen molar-refractivity contribution in [3.05, 3.63) is 98.8 Å². The molecule has 0 amide bonds. The van der Waals surface area contributed by atoms with Gasteiger partial charge in [-0.05, 0) is 54.4 Å². The first-order chi connectivity index (χ1) is 17.3. The smallest absolute Gasteiger partial charge is 0.261 e. The molecule has 1 aliphatic heterocycles. The van der Waals surface area contributed by atoms with E-state index in [1.54, 1.807) is 53.4 Å². The molecule has 36 heavy (non-hydrogen) atoms. The van der Waals surface area contributed by atoms with Gasteiger partial charge in [0.1, 0.15) is 5.82 Å². The van der Waals surface area contributed by atoms with Crippen LogP contribution in [0.15, 0.2) is 71.8 Å². The van der Waals surface area contributed by atoms with Crippen LogP contribution in [-0.2, 0) is 13.0 Å². The number of aryl methyl sites for hydroxylation is 2. The molecule has 2 N–H and O–H groups in total. The zero-order chi connectivity index (χ0) is 25.4. The molecule has 10 heteroatoms. The van der Waals surface area contributed by atoms with Crippen molar-refractivity contribution in [2.24, 2.45) is 0 Å². The Morgan fingerprint density at radius 3 is 2.64 bits per heavy atom. The summed E-state index contributed by atoms with van der Waals surface area (Å²) in [6.07, 6.45) is 1.48. The minimum Gasteiger partial charge on any atom is -0.389 e. The van der Waals surface area contributed by atoms with Gasteiger partial charge in [0.25, 0.3) is 5.56 Å². The number of fused-ring (bicyclic) bond motifs is 1. The Balaban J connectivity index is 1.47. The topological polar surface area (TPSA) is 85.5 Å². The number of likely N-dealkylation sites (tertiary alicyclic amines) is 1. The number of aliphatic hydroxyl groups excluding tert-OH is 1. The monoisotopic (exact) mass is 525 g/mol. The zero-order valence-electron chi connectivity index (χ0n) is 19.0. The first kappa shape index (κ1) is 24.2. The van der Waals surface area contributed by atoms with Crippen LogP contribution >= 0.6 is 23.2 Å². The van der Waals surface area contributed by atoms with Crippen LogP contribution in [0.25, 0.3) is 10.9 Å². The number of β-amino-alcohol motifs (C(OH)–C–C–N with tert-alkyl or cyclic N) is 1. The molecule has 3 aromatic carbocycles. The van der Waals surface area contributed by atoms with Crippen molar-refractivity contribution in [1.29, 1.82) is 5.41 Å². The predicted molar refractivity (Wildman–Crippen MR) is 140 cm³/mol. The second-order valence-corrected chi connectivity index (χ2v) is 9.44. The van der Waals surface area contributed by atoms with Crippen LogP contribution in [0, 0.1) is 11.2 Å². The number of hydrogen-bond acceptors (Lipinski definition) is 4. The highest BCUT2D eigenvalue weighted by Gasteiger charge is 2.31. The highest BCUT2D eigenvalue weighted by Crippen LogP contribution is 2.31. The Hall–Kier alpha value is -3.46. The SMILES string of the molecule is N=C(N1CC(O)C1)N(c1ccc2c(=O)n(CCc3ccc(Cl)cc3Cl)cnc2c1)c1ccccc1F. The van der Waals surface area contributed by atoms with Crippen LogP contribution in [0.2, 0.25) is 10.0 Å². The van der Waals surface area contributed by atoms with Gasteiger partial charge in [0, 0.05) is 29.7 Å². The van der Waals surface area contributed by atoms with Gasteiger partial charge in [-0.3, -0.25) is 19.7 Å². The summed E-state index contributed by atoms with van der Waals surface area (Å²) in [5, 5.41) is 19.9. The second kappa shape index (κ2) is 9.89. The minimum absolute atomic E-state index is 0.0259. The fourth-order valence-electron chi connectivity index (χ4n) is 4.19.